The largest absolute Gasteiger partial charge is 0.329 e. The van der Waals surface area contributed by atoms with Crippen molar-refractivity contribution in [3.63, 3.8) is 0 Å². The lowest BCUT2D eigenvalue weighted by Crippen LogP contribution is -2.42. The van der Waals surface area contributed by atoms with Crippen LogP contribution in [0, 0.1) is 5.92 Å². The zero-order valence-corrected chi connectivity index (χ0v) is 10.1. The second-order valence-corrected chi connectivity index (χ2v) is 4.93. The first kappa shape index (κ1) is 12.7. The average molecular weight is 210 g/mol. The molecule has 0 aromatic carbocycles. The third-order valence-corrected chi connectivity index (χ3v) is 3.39. The Balaban J connectivity index is 2.37. The van der Waals surface area contributed by atoms with Gasteiger partial charge in [0.2, 0.25) is 0 Å². The summed E-state index contributed by atoms with van der Waals surface area (Å²) in [5, 5.41) is 3.54. The Morgan fingerprint density at radius 2 is 1.93 bits per heavy atom. The number of nitrogens with one attached hydrogen (secondary N) is 1. The normalized spacial score (nSPS) is 20.9. The zero-order chi connectivity index (χ0) is 11.1. The lowest BCUT2D eigenvalue weighted by molar-refractivity contribution is 0.331. The van der Waals surface area contributed by atoms with E-state index in [1.807, 2.05) is 0 Å². The molecular formula is C13H26N2. The van der Waals surface area contributed by atoms with Crippen LogP contribution in [0.25, 0.3) is 0 Å². The number of hydrogen-bond acceptors (Lipinski definition) is 2. The van der Waals surface area contributed by atoms with E-state index >= 15 is 0 Å². The van der Waals surface area contributed by atoms with E-state index in [4.69, 9.17) is 5.73 Å². The van der Waals surface area contributed by atoms with E-state index in [9.17, 15) is 0 Å². The molecule has 0 bridgehead atoms. The van der Waals surface area contributed by atoms with E-state index in [0.29, 0.717) is 6.04 Å². The van der Waals surface area contributed by atoms with Gasteiger partial charge >= 0.3 is 0 Å². The molecule has 0 radical (unpaired) electrons. The number of hydrogen-bond donors (Lipinski definition) is 2. The third-order valence-electron chi connectivity index (χ3n) is 3.39. The fourth-order valence-electron chi connectivity index (χ4n) is 2.46. The fraction of sp³-hybridized carbons (Fsp3) is 0.846. The third kappa shape index (κ3) is 4.80. The van der Waals surface area contributed by atoms with Crippen LogP contribution in [-0.2, 0) is 0 Å². The van der Waals surface area contributed by atoms with Crippen LogP contribution >= 0.6 is 0 Å². The molecule has 0 heterocycles. The van der Waals surface area contributed by atoms with Gasteiger partial charge in [-0.05, 0) is 25.7 Å². The highest BCUT2D eigenvalue weighted by Crippen LogP contribution is 2.25. The van der Waals surface area contributed by atoms with Gasteiger partial charge in [-0.2, -0.15) is 0 Å². The summed E-state index contributed by atoms with van der Waals surface area (Å²) in [6.07, 6.45) is 8.30. The highest BCUT2D eigenvalue weighted by molar-refractivity contribution is 4.93. The molecule has 2 nitrogen and oxygen atoms in total. The number of rotatable bonds is 5. The smallest absolute Gasteiger partial charge is 0.0221 e. The molecule has 0 amide bonds. The summed E-state index contributed by atoms with van der Waals surface area (Å²) in [7, 11) is 0. The van der Waals surface area contributed by atoms with Gasteiger partial charge in [0, 0.05) is 19.1 Å². The first-order chi connectivity index (χ1) is 7.24. The Kier molecular flexibility index (Phi) is 5.96. The van der Waals surface area contributed by atoms with Crippen LogP contribution in [0.5, 0.6) is 0 Å². The molecule has 0 aromatic heterocycles. The van der Waals surface area contributed by atoms with E-state index in [2.05, 4.69) is 18.8 Å². The molecule has 1 atom stereocenters. The summed E-state index contributed by atoms with van der Waals surface area (Å²) in [6.45, 7) is 7.66. The number of nitrogens with two attached hydrogens (primary N) is 1. The molecule has 1 aliphatic rings. The van der Waals surface area contributed by atoms with Crippen LogP contribution in [0.3, 0.4) is 0 Å². The van der Waals surface area contributed by atoms with Crippen molar-refractivity contribution in [2.24, 2.45) is 11.7 Å². The van der Waals surface area contributed by atoms with Gasteiger partial charge in [0.15, 0.2) is 0 Å². The SMILES string of the molecule is C=C(C)CNC(CN)C1CCCCCC1. The Morgan fingerprint density at radius 3 is 2.40 bits per heavy atom. The quantitative estimate of drug-likeness (QED) is 0.540. The first-order valence-corrected chi connectivity index (χ1v) is 6.32. The molecule has 1 fully saturated rings. The molecule has 0 spiro atoms. The van der Waals surface area contributed by atoms with Gasteiger partial charge in [0.05, 0.1) is 0 Å². The standard InChI is InChI=1S/C13H26N2/c1-11(2)10-15-13(9-14)12-7-5-3-4-6-8-12/h12-13,15H,1,3-10,14H2,2H3. The molecule has 88 valence electrons. The van der Waals surface area contributed by atoms with Crippen molar-refractivity contribution in [3.05, 3.63) is 12.2 Å². The van der Waals surface area contributed by atoms with Crippen LogP contribution < -0.4 is 11.1 Å². The lowest BCUT2D eigenvalue weighted by Gasteiger charge is -2.26. The summed E-state index contributed by atoms with van der Waals surface area (Å²) in [4.78, 5) is 0. The van der Waals surface area contributed by atoms with Crippen molar-refractivity contribution in [2.75, 3.05) is 13.1 Å². The van der Waals surface area contributed by atoms with Crippen LogP contribution in [0.1, 0.15) is 45.4 Å². The molecule has 0 saturated heterocycles. The molecule has 15 heavy (non-hydrogen) atoms. The Bertz CT molecular complexity index is 181. The Hall–Kier alpha value is -0.340. The predicted octanol–water partition coefficient (Wildman–Crippen LogP) is 2.45. The van der Waals surface area contributed by atoms with Gasteiger partial charge in [0.1, 0.15) is 0 Å². The molecule has 1 rings (SSSR count). The first-order valence-electron chi connectivity index (χ1n) is 6.32. The van der Waals surface area contributed by atoms with Gasteiger partial charge in [-0.25, -0.2) is 0 Å². The minimum atomic E-state index is 0.500. The topological polar surface area (TPSA) is 38.0 Å². The highest BCUT2D eigenvalue weighted by Gasteiger charge is 2.20. The van der Waals surface area contributed by atoms with Crippen molar-refractivity contribution in [1.82, 2.24) is 5.32 Å². The van der Waals surface area contributed by atoms with Crippen molar-refractivity contribution in [3.8, 4) is 0 Å². The molecule has 0 aromatic rings. The molecular weight excluding hydrogens is 184 g/mol. The lowest BCUT2D eigenvalue weighted by atomic mass is 9.91. The zero-order valence-electron chi connectivity index (χ0n) is 10.1. The average Bonchev–Trinajstić information content (AvgIpc) is 2.47. The van der Waals surface area contributed by atoms with Crippen LogP contribution in [0.4, 0.5) is 0 Å². The summed E-state index contributed by atoms with van der Waals surface area (Å²) in [5.41, 5.74) is 7.05. The second kappa shape index (κ2) is 7.02. The second-order valence-electron chi connectivity index (χ2n) is 4.93. The molecule has 0 aliphatic heterocycles. The summed E-state index contributed by atoms with van der Waals surface area (Å²) in [5.74, 6) is 0.789. The van der Waals surface area contributed by atoms with E-state index in [-0.39, 0.29) is 0 Å². The minimum absolute atomic E-state index is 0.500. The van der Waals surface area contributed by atoms with Crippen LogP contribution in [-0.4, -0.2) is 19.1 Å². The molecule has 1 saturated carbocycles. The van der Waals surface area contributed by atoms with Crippen molar-refractivity contribution >= 4 is 0 Å². The Labute approximate surface area is 94.3 Å². The summed E-state index contributed by atoms with van der Waals surface area (Å²) >= 11 is 0. The van der Waals surface area contributed by atoms with Crippen LogP contribution in [0.2, 0.25) is 0 Å². The maximum absolute atomic E-state index is 5.85. The van der Waals surface area contributed by atoms with Gasteiger partial charge in [-0.15, -0.1) is 0 Å². The summed E-state index contributed by atoms with van der Waals surface area (Å²) in [6, 6.07) is 0.500. The van der Waals surface area contributed by atoms with Gasteiger partial charge in [-0.3, -0.25) is 0 Å². The van der Waals surface area contributed by atoms with E-state index in [1.165, 1.54) is 44.1 Å². The van der Waals surface area contributed by atoms with E-state index in [0.717, 1.165) is 19.0 Å². The summed E-state index contributed by atoms with van der Waals surface area (Å²) < 4.78 is 0. The molecule has 1 unspecified atom stereocenters. The predicted molar refractivity (Wildman–Crippen MR) is 66.9 cm³/mol. The molecule has 3 N–H and O–H groups in total. The van der Waals surface area contributed by atoms with E-state index < -0.39 is 0 Å². The van der Waals surface area contributed by atoms with Gasteiger partial charge in [-0.1, -0.05) is 37.8 Å². The molecule has 2 heteroatoms. The van der Waals surface area contributed by atoms with Crippen LogP contribution in [0.15, 0.2) is 12.2 Å². The fourth-order valence-corrected chi connectivity index (χ4v) is 2.46. The monoisotopic (exact) mass is 210 g/mol. The van der Waals surface area contributed by atoms with Crippen molar-refractivity contribution < 1.29 is 0 Å². The highest BCUT2D eigenvalue weighted by atomic mass is 14.9. The maximum Gasteiger partial charge on any atom is 0.0221 e. The Morgan fingerprint density at radius 1 is 1.33 bits per heavy atom. The van der Waals surface area contributed by atoms with Crippen molar-refractivity contribution in [2.45, 2.75) is 51.5 Å². The van der Waals surface area contributed by atoms with Crippen molar-refractivity contribution in [1.29, 1.82) is 0 Å². The maximum atomic E-state index is 5.85. The molecule has 1 aliphatic carbocycles. The minimum Gasteiger partial charge on any atom is -0.329 e. The van der Waals surface area contributed by atoms with Gasteiger partial charge in [0.25, 0.3) is 0 Å². The van der Waals surface area contributed by atoms with Gasteiger partial charge < -0.3 is 11.1 Å². The van der Waals surface area contributed by atoms with E-state index in [1.54, 1.807) is 0 Å².